The standard InChI is InChI=1S/C19H17ClN4O/c1-24-17(14-11-12(16(21)25)7-8-15(14)20)22-23-18(24)19(9-10-19)13-5-3-2-4-6-13/h2-8,11H,9-10H2,1H3,(H2,21,25). The average molecular weight is 353 g/mol. The van der Waals surface area contributed by atoms with Gasteiger partial charge in [-0.05, 0) is 36.6 Å². The molecule has 1 heterocycles. The molecule has 2 aromatic carbocycles. The molecule has 6 heteroatoms. The number of aromatic nitrogens is 3. The van der Waals surface area contributed by atoms with E-state index in [2.05, 4.69) is 22.3 Å². The molecule has 25 heavy (non-hydrogen) atoms. The minimum Gasteiger partial charge on any atom is -0.366 e. The first-order valence-electron chi connectivity index (χ1n) is 8.08. The molecular weight excluding hydrogens is 336 g/mol. The predicted octanol–water partition coefficient (Wildman–Crippen LogP) is 3.31. The molecule has 1 saturated carbocycles. The van der Waals surface area contributed by atoms with Gasteiger partial charge < -0.3 is 10.3 Å². The van der Waals surface area contributed by atoms with Crippen LogP contribution in [0.1, 0.15) is 34.6 Å². The monoisotopic (exact) mass is 352 g/mol. The van der Waals surface area contributed by atoms with Crippen LogP contribution in [0.5, 0.6) is 0 Å². The van der Waals surface area contributed by atoms with Gasteiger partial charge in [0.25, 0.3) is 0 Å². The predicted molar refractivity (Wildman–Crippen MR) is 96.4 cm³/mol. The van der Waals surface area contributed by atoms with E-state index in [9.17, 15) is 4.79 Å². The third-order valence-corrected chi connectivity index (χ3v) is 5.20. The summed E-state index contributed by atoms with van der Waals surface area (Å²) in [5, 5.41) is 9.32. The first kappa shape index (κ1) is 15.8. The lowest BCUT2D eigenvalue weighted by Gasteiger charge is -2.15. The lowest BCUT2D eigenvalue weighted by molar-refractivity contribution is 0.100. The van der Waals surface area contributed by atoms with Gasteiger partial charge in [-0.3, -0.25) is 4.79 Å². The molecule has 1 aliphatic carbocycles. The minimum absolute atomic E-state index is 0.0883. The van der Waals surface area contributed by atoms with Crippen LogP contribution >= 0.6 is 11.6 Å². The van der Waals surface area contributed by atoms with Crippen molar-refractivity contribution in [3.05, 3.63) is 70.5 Å². The normalized spacial score (nSPS) is 15.1. The molecule has 0 spiro atoms. The lowest BCUT2D eigenvalue weighted by atomic mass is 9.95. The Bertz CT molecular complexity index is 961. The fourth-order valence-corrected chi connectivity index (χ4v) is 3.56. The zero-order chi connectivity index (χ0) is 17.6. The lowest BCUT2D eigenvalue weighted by Crippen LogP contribution is -2.15. The Labute approximate surface area is 150 Å². The molecule has 0 atom stereocenters. The largest absolute Gasteiger partial charge is 0.366 e. The van der Waals surface area contributed by atoms with Crippen molar-refractivity contribution >= 4 is 17.5 Å². The Kier molecular flexibility index (Phi) is 3.62. The van der Waals surface area contributed by atoms with Crippen LogP contribution in [0.4, 0.5) is 0 Å². The van der Waals surface area contributed by atoms with Gasteiger partial charge in [-0.2, -0.15) is 0 Å². The number of hydrogen-bond donors (Lipinski definition) is 1. The van der Waals surface area contributed by atoms with Crippen LogP contribution in [0.15, 0.2) is 48.5 Å². The van der Waals surface area contributed by atoms with Crippen molar-refractivity contribution in [2.24, 2.45) is 12.8 Å². The van der Waals surface area contributed by atoms with Crippen molar-refractivity contribution in [3.8, 4) is 11.4 Å². The number of primary amides is 1. The highest BCUT2D eigenvalue weighted by Crippen LogP contribution is 2.53. The Hall–Kier alpha value is -2.66. The van der Waals surface area contributed by atoms with Gasteiger partial charge >= 0.3 is 0 Å². The van der Waals surface area contributed by atoms with Gasteiger partial charge in [0, 0.05) is 18.2 Å². The maximum absolute atomic E-state index is 11.5. The second kappa shape index (κ2) is 5.70. The van der Waals surface area contributed by atoms with Crippen LogP contribution in [0.2, 0.25) is 5.02 Å². The molecule has 1 amide bonds. The van der Waals surface area contributed by atoms with Crippen LogP contribution in [-0.4, -0.2) is 20.7 Å². The Morgan fingerprint density at radius 2 is 1.88 bits per heavy atom. The van der Waals surface area contributed by atoms with E-state index in [1.807, 2.05) is 29.8 Å². The average Bonchev–Trinajstić information content (AvgIpc) is 3.33. The number of nitrogens with zero attached hydrogens (tertiary/aromatic N) is 3. The zero-order valence-corrected chi connectivity index (χ0v) is 14.5. The number of halogens is 1. The number of hydrogen-bond acceptors (Lipinski definition) is 3. The molecular formula is C19H17ClN4O. The Balaban J connectivity index is 1.81. The van der Waals surface area contributed by atoms with Crippen molar-refractivity contribution in [1.82, 2.24) is 14.8 Å². The highest BCUT2D eigenvalue weighted by atomic mass is 35.5. The first-order valence-corrected chi connectivity index (χ1v) is 8.46. The highest BCUT2D eigenvalue weighted by Gasteiger charge is 2.49. The van der Waals surface area contributed by atoms with Crippen LogP contribution in [0.25, 0.3) is 11.4 Å². The van der Waals surface area contributed by atoms with Gasteiger partial charge in [0.05, 0.1) is 10.4 Å². The molecule has 1 aromatic heterocycles. The van der Waals surface area contributed by atoms with Crippen LogP contribution in [-0.2, 0) is 12.5 Å². The third-order valence-electron chi connectivity index (χ3n) is 4.87. The molecule has 126 valence electrons. The third kappa shape index (κ3) is 2.51. The van der Waals surface area contributed by atoms with Gasteiger partial charge in [0.1, 0.15) is 5.82 Å². The summed E-state index contributed by atoms with van der Waals surface area (Å²) in [4.78, 5) is 11.5. The van der Waals surface area contributed by atoms with Crippen molar-refractivity contribution in [2.45, 2.75) is 18.3 Å². The number of carbonyl (C=O) groups is 1. The summed E-state index contributed by atoms with van der Waals surface area (Å²) in [5.74, 6) is 1.04. The molecule has 0 unspecified atom stereocenters. The van der Waals surface area contributed by atoms with Crippen LogP contribution < -0.4 is 5.73 Å². The van der Waals surface area contributed by atoms with E-state index in [1.54, 1.807) is 18.2 Å². The van der Waals surface area contributed by atoms with E-state index in [4.69, 9.17) is 17.3 Å². The van der Waals surface area contributed by atoms with Gasteiger partial charge in [0.15, 0.2) is 5.82 Å². The van der Waals surface area contributed by atoms with E-state index in [-0.39, 0.29) is 5.41 Å². The molecule has 3 aromatic rings. The van der Waals surface area contributed by atoms with Crippen LogP contribution in [0, 0.1) is 0 Å². The van der Waals surface area contributed by atoms with E-state index in [0.717, 1.165) is 18.7 Å². The number of amides is 1. The minimum atomic E-state index is -0.497. The van der Waals surface area contributed by atoms with Gasteiger partial charge in [-0.1, -0.05) is 41.9 Å². The Morgan fingerprint density at radius 1 is 1.16 bits per heavy atom. The summed E-state index contributed by atoms with van der Waals surface area (Å²) in [5.41, 5.74) is 7.59. The zero-order valence-electron chi connectivity index (χ0n) is 13.7. The Morgan fingerprint density at radius 3 is 2.52 bits per heavy atom. The van der Waals surface area contributed by atoms with E-state index in [1.165, 1.54) is 5.56 Å². The maximum Gasteiger partial charge on any atom is 0.248 e. The van der Waals surface area contributed by atoms with Crippen molar-refractivity contribution in [2.75, 3.05) is 0 Å². The summed E-state index contributed by atoms with van der Waals surface area (Å²) in [6.45, 7) is 0. The fraction of sp³-hybridized carbons (Fsp3) is 0.211. The SMILES string of the molecule is Cn1c(-c2cc(C(N)=O)ccc2Cl)nnc1C1(c2ccccc2)CC1. The second-order valence-electron chi connectivity index (χ2n) is 6.41. The molecule has 2 N–H and O–H groups in total. The quantitative estimate of drug-likeness (QED) is 0.782. The summed E-state index contributed by atoms with van der Waals surface area (Å²) >= 11 is 6.33. The molecule has 0 aliphatic heterocycles. The van der Waals surface area contributed by atoms with Gasteiger partial charge in [-0.15, -0.1) is 10.2 Å². The summed E-state index contributed by atoms with van der Waals surface area (Å²) in [7, 11) is 1.93. The van der Waals surface area contributed by atoms with Crippen LogP contribution in [0.3, 0.4) is 0 Å². The summed E-state index contributed by atoms with van der Waals surface area (Å²) < 4.78 is 1.96. The maximum atomic E-state index is 11.5. The highest BCUT2D eigenvalue weighted by molar-refractivity contribution is 6.33. The van der Waals surface area contributed by atoms with Gasteiger partial charge in [-0.25, -0.2) is 0 Å². The second-order valence-corrected chi connectivity index (χ2v) is 6.82. The van der Waals surface area contributed by atoms with E-state index >= 15 is 0 Å². The molecule has 1 aliphatic rings. The van der Waals surface area contributed by atoms with Crippen molar-refractivity contribution in [3.63, 3.8) is 0 Å². The van der Waals surface area contributed by atoms with E-state index < -0.39 is 5.91 Å². The molecule has 0 radical (unpaired) electrons. The topological polar surface area (TPSA) is 73.8 Å². The van der Waals surface area contributed by atoms with E-state index in [0.29, 0.717) is 22.0 Å². The number of rotatable bonds is 4. The number of carbonyl (C=O) groups excluding carboxylic acids is 1. The first-order chi connectivity index (χ1) is 12.0. The smallest absolute Gasteiger partial charge is 0.248 e. The number of benzene rings is 2. The molecule has 1 fully saturated rings. The molecule has 4 rings (SSSR count). The summed E-state index contributed by atoms with van der Waals surface area (Å²) in [6.07, 6.45) is 2.08. The fourth-order valence-electron chi connectivity index (χ4n) is 3.35. The van der Waals surface area contributed by atoms with Crippen molar-refractivity contribution in [1.29, 1.82) is 0 Å². The van der Waals surface area contributed by atoms with Crippen molar-refractivity contribution < 1.29 is 4.79 Å². The number of nitrogens with two attached hydrogens (primary N) is 1. The van der Waals surface area contributed by atoms with Gasteiger partial charge in [0.2, 0.25) is 5.91 Å². The molecule has 0 saturated heterocycles. The summed E-state index contributed by atoms with van der Waals surface area (Å²) in [6, 6.07) is 15.3. The molecule has 5 nitrogen and oxygen atoms in total. The molecule has 0 bridgehead atoms.